The lowest BCUT2D eigenvalue weighted by molar-refractivity contribution is 0.0444. The van der Waals surface area contributed by atoms with Gasteiger partial charge in [-0.2, -0.15) is 0 Å². The third kappa shape index (κ3) is 3.85. The first kappa shape index (κ1) is 20.2. The topological polar surface area (TPSA) is 65.0 Å². The van der Waals surface area contributed by atoms with Crippen molar-refractivity contribution in [3.05, 3.63) is 34.8 Å². The molecule has 2 aliphatic rings. The molecule has 5 nitrogen and oxygen atoms in total. The molecule has 0 aliphatic heterocycles. The van der Waals surface area contributed by atoms with E-state index in [1.54, 1.807) is 26.8 Å². The zero-order chi connectivity index (χ0) is 20.4. The lowest BCUT2D eigenvalue weighted by Gasteiger charge is -2.31. The van der Waals surface area contributed by atoms with E-state index in [2.05, 4.69) is 11.8 Å². The number of carbonyl (C=O) groups excluding carboxylic acids is 1. The molecule has 6 heteroatoms. The Morgan fingerprint density at radius 3 is 2.71 bits per heavy atom. The zero-order valence-corrected chi connectivity index (χ0v) is 16.5. The highest BCUT2D eigenvalue weighted by Crippen LogP contribution is 2.50. The fourth-order valence-electron chi connectivity index (χ4n) is 4.08. The zero-order valence-electron chi connectivity index (χ0n) is 16.5. The van der Waals surface area contributed by atoms with Crippen molar-refractivity contribution in [2.75, 3.05) is 7.11 Å². The highest BCUT2D eigenvalue weighted by Gasteiger charge is 2.44. The second-order valence-corrected chi connectivity index (χ2v) is 7.42. The van der Waals surface area contributed by atoms with Gasteiger partial charge >= 0.3 is 6.16 Å². The maximum absolute atomic E-state index is 15.1. The van der Waals surface area contributed by atoms with Crippen LogP contribution in [0.2, 0.25) is 0 Å². The van der Waals surface area contributed by atoms with Gasteiger partial charge in [-0.25, -0.2) is 9.18 Å². The van der Waals surface area contributed by atoms with Gasteiger partial charge in [-0.3, -0.25) is 0 Å². The molecule has 2 aliphatic carbocycles. The molecule has 3 rings (SSSR count). The SMILES string of the molecule is CC#Cc1cc(F)c(C2=C(OC(=O)OC(C)C)C3CCC(C3)C2O)c(OC)c1. The second-order valence-electron chi connectivity index (χ2n) is 7.42. The number of halogens is 1. The number of hydrogen-bond donors (Lipinski definition) is 1. The smallest absolute Gasteiger partial charge is 0.496 e. The predicted molar refractivity (Wildman–Crippen MR) is 102 cm³/mol. The first-order valence-electron chi connectivity index (χ1n) is 9.46. The minimum Gasteiger partial charge on any atom is -0.496 e. The van der Waals surface area contributed by atoms with Crippen LogP contribution in [-0.4, -0.2) is 30.6 Å². The predicted octanol–water partition coefficient (Wildman–Crippen LogP) is 4.27. The number of benzene rings is 1. The van der Waals surface area contributed by atoms with Gasteiger partial charge in [0.15, 0.2) is 0 Å². The second kappa shape index (κ2) is 8.24. The standard InChI is InChI=1S/C22H25FO5/c1-5-6-13-9-16(23)18(17(10-13)26-4)19-20(24)14-7-8-15(11-14)21(19)28-22(25)27-12(2)3/h9-10,12,14-15,20,24H,7-8,11H2,1-4H3. The molecule has 28 heavy (non-hydrogen) atoms. The van der Waals surface area contributed by atoms with Crippen LogP contribution in [0.15, 0.2) is 17.9 Å². The van der Waals surface area contributed by atoms with E-state index in [9.17, 15) is 9.90 Å². The number of allylic oxidation sites excluding steroid dienone is 1. The summed E-state index contributed by atoms with van der Waals surface area (Å²) in [4.78, 5) is 12.2. The molecule has 0 aromatic heterocycles. The van der Waals surface area contributed by atoms with E-state index in [1.165, 1.54) is 13.2 Å². The van der Waals surface area contributed by atoms with Crippen LogP contribution in [0.3, 0.4) is 0 Å². The summed E-state index contributed by atoms with van der Waals surface area (Å²) in [7, 11) is 1.43. The summed E-state index contributed by atoms with van der Waals surface area (Å²) in [5.41, 5.74) is 0.849. The molecule has 0 saturated heterocycles. The van der Waals surface area contributed by atoms with Crippen molar-refractivity contribution in [3.8, 4) is 17.6 Å². The normalized spacial score (nSPS) is 23.3. The summed E-state index contributed by atoms with van der Waals surface area (Å²) in [6, 6.07) is 2.92. The van der Waals surface area contributed by atoms with E-state index in [1.807, 2.05) is 0 Å². The molecule has 1 N–H and O–H groups in total. The van der Waals surface area contributed by atoms with Gasteiger partial charge in [0.25, 0.3) is 0 Å². The van der Waals surface area contributed by atoms with Crippen LogP contribution in [0.1, 0.15) is 51.2 Å². The summed E-state index contributed by atoms with van der Waals surface area (Å²) in [6.07, 6.45) is 0.0848. The first-order valence-corrected chi connectivity index (χ1v) is 9.46. The largest absolute Gasteiger partial charge is 0.513 e. The lowest BCUT2D eigenvalue weighted by Crippen LogP contribution is -2.29. The molecule has 1 fully saturated rings. The monoisotopic (exact) mass is 388 g/mol. The number of aliphatic hydroxyl groups is 1. The Morgan fingerprint density at radius 2 is 2.07 bits per heavy atom. The molecule has 3 atom stereocenters. The minimum absolute atomic E-state index is 0.00677. The van der Waals surface area contributed by atoms with Crippen molar-refractivity contribution in [1.82, 2.24) is 0 Å². The average molecular weight is 388 g/mol. The van der Waals surface area contributed by atoms with E-state index >= 15 is 4.39 Å². The van der Waals surface area contributed by atoms with Crippen LogP contribution >= 0.6 is 0 Å². The van der Waals surface area contributed by atoms with Crippen LogP contribution < -0.4 is 4.74 Å². The molecule has 150 valence electrons. The summed E-state index contributed by atoms with van der Waals surface area (Å²) < 4.78 is 31.1. The third-order valence-electron chi connectivity index (χ3n) is 5.19. The molecule has 2 bridgehead atoms. The Kier molecular flexibility index (Phi) is 5.95. The number of ether oxygens (including phenoxy) is 3. The fraction of sp³-hybridized carbons (Fsp3) is 0.500. The number of methoxy groups -OCH3 is 1. The van der Waals surface area contributed by atoms with Crippen molar-refractivity contribution < 1.29 is 28.5 Å². The number of aliphatic hydroxyl groups excluding tert-OH is 1. The molecule has 1 aromatic rings. The Labute approximate surface area is 164 Å². The highest BCUT2D eigenvalue weighted by molar-refractivity contribution is 5.79. The number of fused-ring (bicyclic) bond motifs is 2. The lowest BCUT2D eigenvalue weighted by atomic mass is 9.81. The first-order chi connectivity index (χ1) is 13.3. The van der Waals surface area contributed by atoms with E-state index in [0.717, 1.165) is 12.8 Å². The van der Waals surface area contributed by atoms with Crippen molar-refractivity contribution in [3.63, 3.8) is 0 Å². The Hall–Kier alpha value is -2.52. The molecule has 0 heterocycles. The number of hydrogen-bond acceptors (Lipinski definition) is 5. The molecule has 1 saturated carbocycles. The van der Waals surface area contributed by atoms with Crippen LogP contribution in [0.25, 0.3) is 5.57 Å². The van der Waals surface area contributed by atoms with Gasteiger partial charge in [-0.15, -0.1) is 5.92 Å². The van der Waals surface area contributed by atoms with E-state index < -0.39 is 18.1 Å². The number of carbonyl (C=O) groups is 1. The summed E-state index contributed by atoms with van der Waals surface area (Å²) in [5.74, 6) is 5.40. The van der Waals surface area contributed by atoms with Gasteiger partial charge in [0.1, 0.15) is 17.3 Å². The van der Waals surface area contributed by atoms with Gasteiger partial charge in [-0.05, 0) is 58.1 Å². The molecule has 3 unspecified atom stereocenters. The minimum atomic E-state index is -0.952. The Balaban J connectivity index is 2.15. The van der Waals surface area contributed by atoms with E-state index in [4.69, 9.17) is 14.2 Å². The Morgan fingerprint density at radius 1 is 1.32 bits per heavy atom. The molecular weight excluding hydrogens is 363 g/mol. The Bertz CT molecular complexity index is 862. The maximum Gasteiger partial charge on any atom is 0.513 e. The van der Waals surface area contributed by atoms with E-state index in [0.29, 0.717) is 12.0 Å². The van der Waals surface area contributed by atoms with Gasteiger partial charge in [-0.1, -0.05) is 5.92 Å². The van der Waals surface area contributed by atoms with E-state index in [-0.39, 0.29) is 40.6 Å². The van der Waals surface area contributed by atoms with Gasteiger partial charge in [0.05, 0.1) is 24.9 Å². The van der Waals surface area contributed by atoms with Gasteiger partial charge in [0, 0.05) is 17.1 Å². The van der Waals surface area contributed by atoms with Crippen molar-refractivity contribution in [1.29, 1.82) is 0 Å². The molecule has 0 radical (unpaired) electrons. The fourth-order valence-corrected chi connectivity index (χ4v) is 4.08. The van der Waals surface area contributed by atoms with Crippen LogP contribution in [0.4, 0.5) is 9.18 Å². The third-order valence-corrected chi connectivity index (χ3v) is 5.19. The quantitative estimate of drug-likeness (QED) is 0.616. The van der Waals surface area contributed by atoms with Crippen molar-refractivity contribution in [2.45, 2.75) is 52.2 Å². The highest BCUT2D eigenvalue weighted by atomic mass is 19.1. The van der Waals surface area contributed by atoms with Crippen molar-refractivity contribution >= 4 is 11.7 Å². The summed E-state index contributed by atoms with van der Waals surface area (Å²) >= 11 is 0. The molecule has 0 spiro atoms. The van der Waals surface area contributed by atoms with Gasteiger partial charge in [0.2, 0.25) is 0 Å². The summed E-state index contributed by atoms with van der Waals surface area (Å²) in [6.45, 7) is 5.10. The van der Waals surface area contributed by atoms with Crippen molar-refractivity contribution in [2.24, 2.45) is 11.8 Å². The molecular formula is C22H25FO5. The van der Waals surface area contributed by atoms with Crippen LogP contribution in [0.5, 0.6) is 5.75 Å². The average Bonchev–Trinajstić information content (AvgIpc) is 3.07. The summed E-state index contributed by atoms with van der Waals surface area (Å²) in [5, 5.41) is 11.0. The maximum atomic E-state index is 15.1. The van der Waals surface area contributed by atoms with Crippen LogP contribution in [0, 0.1) is 29.5 Å². The molecule has 1 aromatic carbocycles. The van der Waals surface area contributed by atoms with Gasteiger partial charge < -0.3 is 19.3 Å². The number of rotatable bonds is 4. The molecule has 0 amide bonds. The van der Waals surface area contributed by atoms with Crippen LogP contribution in [-0.2, 0) is 9.47 Å².